The zero-order chi connectivity index (χ0) is 23.3. The number of ketones is 1. The molecule has 5 aliphatic rings. The molecule has 0 bridgehead atoms. The van der Waals surface area contributed by atoms with Gasteiger partial charge in [0.15, 0.2) is 0 Å². The smallest absolute Gasteiger partial charge is 0.138 e. The molecule has 0 radical (unpaired) electrons. The van der Waals surface area contributed by atoms with Gasteiger partial charge < -0.3 is 4.79 Å². The second-order valence-corrected chi connectivity index (χ2v) is 14.2. The van der Waals surface area contributed by atoms with Crippen molar-refractivity contribution in [1.29, 1.82) is 0 Å². The highest BCUT2D eigenvalue weighted by atomic mass is 16.1. The van der Waals surface area contributed by atoms with Gasteiger partial charge in [0.05, 0.1) is 0 Å². The summed E-state index contributed by atoms with van der Waals surface area (Å²) in [5.74, 6) is 3.35. The molecule has 0 amide bonds. The van der Waals surface area contributed by atoms with E-state index in [4.69, 9.17) is 0 Å². The minimum absolute atomic E-state index is 0.107. The van der Waals surface area contributed by atoms with Gasteiger partial charge in [0.1, 0.15) is 12.1 Å². The van der Waals surface area contributed by atoms with Crippen LogP contribution in [0, 0.1) is 56.7 Å². The highest BCUT2D eigenvalue weighted by Crippen LogP contribution is 2.75. The van der Waals surface area contributed by atoms with E-state index in [0.29, 0.717) is 35.4 Å². The third-order valence-corrected chi connectivity index (χ3v) is 12.8. The van der Waals surface area contributed by atoms with Gasteiger partial charge in [0.25, 0.3) is 0 Å². The molecule has 0 saturated heterocycles. The third-order valence-electron chi connectivity index (χ3n) is 12.8. The maximum Gasteiger partial charge on any atom is 0.138 e. The summed E-state index contributed by atoms with van der Waals surface area (Å²) in [6.07, 6.45) is 13.9. The lowest BCUT2D eigenvalue weighted by Gasteiger charge is -2.69. The van der Waals surface area contributed by atoms with Crippen LogP contribution in [0.2, 0.25) is 0 Å². The molecule has 5 aliphatic carbocycles. The number of carbonyl (C=O) groups is 2. The molecule has 0 aliphatic heterocycles. The van der Waals surface area contributed by atoms with Crippen LogP contribution in [0.5, 0.6) is 0 Å². The number of fused-ring (bicyclic) bond motifs is 7. The highest BCUT2D eigenvalue weighted by Gasteiger charge is 2.69. The second-order valence-electron chi connectivity index (χ2n) is 14.2. The number of rotatable bonds is 2. The van der Waals surface area contributed by atoms with Crippen LogP contribution < -0.4 is 0 Å². The van der Waals surface area contributed by atoms with Gasteiger partial charge in [-0.25, -0.2) is 0 Å². The van der Waals surface area contributed by atoms with Gasteiger partial charge in [-0.1, -0.05) is 60.1 Å². The Morgan fingerprint density at radius 1 is 0.938 bits per heavy atom. The summed E-state index contributed by atoms with van der Waals surface area (Å²) in [5, 5.41) is 0. The normalized spacial score (nSPS) is 51.9. The van der Waals surface area contributed by atoms with Gasteiger partial charge >= 0.3 is 0 Å². The van der Waals surface area contributed by atoms with Crippen LogP contribution in [0.15, 0.2) is 11.6 Å². The lowest BCUT2D eigenvalue weighted by molar-refractivity contribution is -0.182. The maximum absolute atomic E-state index is 12.9. The Hall–Kier alpha value is -0.920. The third kappa shape index (κ3) is 2.54. The number of allylic oxidation sites excluding steroid dienone is 2. The molecule has 178 valence electrons. The van der Waals surface area contributed by atoms with E-state index < -0.39 is 0 Å². The van der Waals surface area contributed by atoms with E-state index in [9.17, 15) is 9.59 Å². The SMILES string of the molecule is CC(C)[C@@H]1CC[C@]2(C=O)CC[C@]3(C)C(=CC[C@@H]4[C@@]5(C)CCC(=O)C(C)(C)[C@@H]5CC[C@]43C)[C@@H]12. The van der Waals surface area contributed by atoms with Crippen LogP contribution in [-0.2, 0) is 9.59 Å². The van der Waals surface area contributed by atoms with Gasteiger partial charge in [-0.3, -0.25) is 4.79 Å². The molecule has 0 spiro atoms. The summed E-state index contributed by atoms with van der Waals surface area (Å²) in [7, 11) is 0. The predicted octanol–water partition coefficient (Wildman–Crippen LogP) is 7.41. The molecule has 0 aromatic carbocycles. The number of hydrogen-bond acceptors (Lipinski definition) is 2. The van der Waals surface area contributed by atoms with Crippen molar-refractivity contribution in [3.8, 4) is 0 Å². The molecular formula is C30H46O2. The van der Waals surface area contributed by atoms with Crippen molar-refractivity contribution in [1.82, 2.24) is 0 Å². The maximum atomic E-state index is 12.9. The molecule has 32 heavy (non-hydrogen) atoms. The quantitative estimate of drug-likeness (QED) is 0.332. The molecule has 4 saturated carbocycles. The van der Waals surface area contributed by atoms with E-state index in [1.807, 2.05) is 0 Å². The number of carbonyl (C=O) groups excluding carboxylic acids is 2. The minimum Gasteiger partial charge on any atom is -0.303 e. The van der Waals surface area contributed by atoms with Crippen LogP contribution in [0.25, 0.3) is 0 Å². The van der Waals surface area contributed by atoms with Crippen molar-refractivity contribution >= 4 is 12.1 Å². The van der Waals surface area contributed by atoms with Crippen molar-refractivity contribution in [2.24, 2.45) is 56.7 Å². The molecular weight excluding hydrogens is 392 g/mol. The van der Waals surface area contributed by atoms with Gasteiger partial charge in [-0.2, -0.15) is 0 Å². The van der Waals surface area contributed by atoms with Crippen molar-refractivity contribution < 1.29 is 9.59 Å². The van der Waals surface area contributed by atoms with Crippen molar-refractivity contribution in [3.05, 3.63) is 11.6 Å². The standard InChI is InChI=1S/C30H46O2/c1-19(2)20-10-15-30(18-31)17-16-28(6)21(25(20)30)8-9-23-27(5)13-12-24(32)26(3,4)22(27)11-14-29(23,28)7/h8,18-20,22-23,25H,9-17H2,1-7H3/t20-,22-,23+,25+,27-,28+,29+,30+/m0/s1. The van der Waals surface area contributed by atoms with Crippen LogP contribution in [0.4, 0.5) is 0 Å². The molecule has 0 N–H and O–H groups in total. The van der Waals surface area contributed by atoms with E-state index >= 15 is 0 Å². The van der Waals surface area contributed by atoms with Crippen LogP contribution in [0.1, 0.15) is 106 Å². The van der Waals surface area contributed by atoms with Crippen molar-refractivity contribution in [2.75, 3.05) is 0 Å². The second kappa shape index (κ2) is 6.82. The number of aldehydes is 1. The molecule has 0 aromatic rings. The summed E-state index contributed by atoms with van der Waals surface area (Å²) in [5.41, 5.74) is 2.05. The van der Waals surface area contributed by atoms with E-state index in [0.717, 1.165) is 38.5 Å². The van der Waals surface area contributed by atoms with Crippen molar-refractivity contribution in [2.45, 2.75) is 106 Å². The number of Topliss-reactive ketones (excluding diaryl/α,β-unsaturated/α-hetero) is 1. The van der Waals surface area contributed by atoms with E-state index in [2.05, 4.69) is 54.5 Å². The van der Waals surface area contributed by atoms with Crippen LogP contribution in [-0.4, -0.2) is 12.1 Å². The summed E-state index contributed by atoms with van der Waals surface area (Å²) in [6, 6.07) is 0. The van der Waals surface area contributed by atoms with Crippen LogP contribution >= 0.6 is 0 Å². The molecule has 0 heterocycles. The summed E-state index contributed by atoms with van der Waals surface area (Å²) < 4.78 is 0. The summed E-state index contributed by atoms with van der Waals surface area (Å²) in [6.45, 7) is 17.0. The molecule has 2 heteroatoms. The Morgan fingerprint density at radius 2 is 1.66 bits per heavy atom. The van der Waals surface area contributed by atoms with E-state index in [1.54, 1.807) is 5.57 Å². The van der Waals surface area contributed by atoms with E-state index in [1.165, 1.54) is 25.5 Å². The first-order chi connectivity index (χ1) is 14.9. The van der Waals surface area contributed by atoms with Crippen LogP contribution in [0.3, 0.4) is 0 Å². The van der Waals surface area contributed by atoms with Crippen molar-refractivity contribution in [3.63, 3.8) is 0 Å². The first-order valence-corrected chi connectivity index (χ1v) is 13.6. The molecule has 4 fully saturated rings. The predicted molar refractivity (Wildman–Crippen MR) is 130 cm³/mol. The number of hydrogen-bond donors (Lipinski definition) is 0. The molecule has 5 rings (SSSR count). The first kappa shape index (κ1) is 22.9. The van der Waals surface area contributed by atoms with E-state index in [-0.39, 0.29) is 27.1 Å². The van der Waals surface area contributed by atoms with Gasteiger partial charge in [0.2, 0.25) is 0 Å². The van der Waals surface area contributed by atoms with Gasteiger partial charge in [0, 0.05) is 17.3 Å². The summed E-state index contributed by atoms with van der Waals surface area (Å²) >= 11 is 0. The summed E-state index contributed by atoms with van der Waals surface area (Å²) in [4.78, 5) is 25.4. The Balaban J connectivity index is 1.61. The fourth-order valence-electron chi connectivity index (χ4n) is 10.6. The minimum atomic E-state index is -0.188. The lowest BCUT2D eigenvalue weighted by atomic mass is 9.34. The Labute approximate surface area is 196 Å². The lowest BCUT2D eigenvalue weighted by Crippen LogP contribution is -2.63. The Bertz CT molecular complexity index is 866. The Kier molecular flexibility index (Phi) is 4.87. The van der Waals surface area contributed by atoms with Gasteiger partial charge in [-0.15, -0.1) is 0 Å². The molecule has 0 aromatic heterocycles. The molecule has 2 nitrogen and oxygen atoms in total. The molecule has 8 atom stereocenters. The fourth-order valence-corrected chi connectivity index (χ4v) is 10.6. The average Bonchev–Trinajstić information content (AvgIpc) is 3.12. The zero-order valence-corrected chi connectivity index (χ0v) is 21.7. The topological polar surface area (TPSA) is 34.1 Å². The van der Waals surface area contributed by atoms with Gasteiger partial charge in [-0.05, 0) is 97.2 Å². The first-order valence-electron chi connectivity index (χ1n) is 13.6. The average molecular weight is 439 g/mol. The fraction of sp³-hybridized carbons (Fsp3) is 0.867. The largest absolute Gasteiger partial charge is 0.303 e. The zero-order valence-electron chi connectivity index (χ0n) is 21.7. The Morgan fingerprint density at radius 3 is 2.31 bits per heavy atom. The monoisotopic (exact) mass is 438 g/mol. The molecule has 0 unspecified atom stereocenters. The highest BCUT2D eigenvalue weighted by molar-refractivity contribution is 5.85.